The fourth-order valence-corrected chi connectivity index (χ4v) is 3.01. The Morgan fingerprint density at radius 3 is 2.85 bits per heavy atom. The second kappa shape index (κ2) is 8.38. The van der Waals surface area contributed by atoms with Gasteiger partial charge in [-0.1, -0.05) is 6.92 Å². The van der Waals surface area contributed by atoms with E-state index < -0.39 is 0 Å². The predicted octanol–water partition coefficient (Wildman–Crippen LogP) is 2.58. The molecule has 3 heteroatoms. The summed E-state index contributed by atoms with van der Waals surface area (Å²) < 4.78 is 0. The molecule has 2 heterocycles. The molecule has 112 valence electrons. The van der Waals surface area contributed by atoms with Crippen molar-refractivity contribution in [2.24, 2.45) is 11.8 Å². The van der Waals surface area contributed by atoms with E-state index in [4.69, 9.17) is 0 Å². The highest BCUT2D eigenvalue weighted by Crippen LogP contribution is 2.22. The standard InChI is InChI=1S/C17H29N3/c1-15(17-4-3-9-19-14-17)7-12-20(2)13-8-16-5-10-18-11-6-16/h5-6,10-11,15,17,19H,3-4,7-9,12-14H2,1-2H3. The van der Waals surface area contributed by atoms with Crippen LogP contribution in [0.1, 0.15) is 31.7 Å². The van der Waals surface area contributed by atoms with Crippen molar-refractivity contribution in [1.29, 1.82) is 0 Å². The molecule has 0 aromatic carbocycles. The van der Waals surface area contributed by atoms with Crippen molar-refractivity contribution in [2.75, 3.05) is 33.2 Å². The average molecular weight is 275 g/mol. The van der Waals surface area contributed by atoms with Gasteiger partial charge in [0.2, 0.25) is 0 Å². The number of piperidine rings is 1. The van der Waals surface area contributed by atoms with Crippen LogP contribution in [0, 0.1) is 11.8 Å². The summed E-state index contributed by atoms with van der Waals surface area (Å²) in [6, 6.07) is 4.23. The van der Waals surface area contributed by atoms with E-state index in [1.807, 2.05) is 12.4 Å². The molecule has 0 amide bonds. The monoisotopic (exact) mass is 275 g/mol. The fourth-order valence-electron chi connectivity index (χ4n) is 3.01. The first-order valence-corrected chi connectivity index (χ1v) is 8.04. The lowest BCUT2D eigenvalue weighted by Gasteiger charge is -2.29. The smallest absolute Gasteiger partial charge is 0.0270 e. The van der Waals surface area contributed by atoms with Crippen molar-refractivity contribution < 1.29 is 0 Å². The second-order valence-corrected chi connectivity index (χ2v) is 6.28. The van der Waals surface area contributed by atoms with E-state index in [-0.39, 0.29) is 0 Å². The normalized spacial score (nSPS) is 21.1. The third-order valence-electron chi connectivity index (χ3n) is 4.64. The Bertz CT molecular complexity index is 360. The molecule has 1 fully saturated rings. The Kier molecular flexibility index (Phi) is 6.48. The second-order valence-electron chi connectivity index (χ2n) is 6.28. The van der Waals surface area contributed by atoms with Gasteiger partial charge in [-0.2, -0.15) is 0 Å². The van der Waals surface area contributed by atoms with Crippen molar-refractivity contribution in [1.82, 2.24) is 15.2 Å². The van der Waals surface area contributed by atoms with Gasteiger partial charge in [0.25, 0.3) is 0 Å². The molecule has 0 aliphatic carbocycles. The zero-order chi connectivity index (χ0) is 14.2. The maximum Gasteiger partial charge on any atom is 0.0270 e. The van der Waals surface area contributed by atoms with Gasteiger partial charge in [0, 0.05) is 18.9 Å². The number of nitrogens with one attached hydrogen (secondary N) is 1. The summed E-state index contributed by atoms with van der Waals surface area (Å²) in [6.07, 6.45) is 8.97. The molecule has 1 aromatic heterocycles. The van der Waals surface area contributed by atoms with Crippen LogP contribution in [0.25, 0.3) is 0 Å². The Morgan fingerprint density at radius 1 is 1.35 bits per heavy atom. The van der Waals surface area contributed by atoms with E-state index in [0.29, 0.717) is 0 Å². The summed E-state index contributed by atoms with van der Waals surface area (Å²) in [6.45, 7) is 7.22. The topological polar surface area (TPSA) is 28.2 Å². The van der Waals surface area contributed by atoms with Gasteiger partial charge in [-0.25, -0.2) is 0 Å². The lowest BCUT2D eigenvalue weighted by Crippen LogP contribution is -2.34. The van der Waals surface area contributed by atoms with Gasteiger partial charge >= 0.3 is 0 Å². The van der Waals surface area contributed by atoms with E-state index in [2.05, 4.69) is 41.3 Å². The number of aromatic nitrogens is 1. The lowest BCUT2D eigenvalue weighted by atomic mass is 9.85. The van der Waals surface area contributed by atoms with E-state index in [0.717, 1.165) is 24.8 Å². The van der Waals surface area contributed by atoms with Crippen LogP contribution in [0.2, 0.25) is 0 Å². The number of likely N-dealkylation sites (N-methyl/N-ethyl adjacent to an activating group) is 1. The molecule has 2 atom stereocenters. The first kappa shape index (κ1) is 15.5. The van der Waals surface area contributed by atoms with Crippen LogP contribution in [-0.2, 0) is 6.42 Å². The molecule has 1 aliphatic rings. The largest absolute Gasteiger partial charge is 0.316 e. The molecule has 2 unspecified atom stereocenters. The Labute approximate surface area is 123 Å². The molecule has 20 heavy (non-hydrogen) atoms. The molecule has 0 radical (unpaired) electrons. The van der Waals surface area contributed by atoms with Gasteiger partial charge in [-0.3, -0.25) is 4.98 Å². The van der Waals surface area contributed by atoms with Crippen LogP contribution in [0.15, 0.2) is 24.5 Å². The Hall–Kier alpha value is -0.930. The SMILES string of the molecule is CC(CCN(C)CCc1ccncc1)C1CCCNC1. The molecule has 0 bridgehead atoms. The van der Waals surface area contributed by atoms with Gasteiger partial charge in [-0.05, 0) is 81.9 Å². The van der Waals surface area contributed by atoms with Crippen molar-refractivity contribution in [3.8, 4) is 0 Å². The highest BCUT2D eigenvalue weighted by atomic mass is 15.1. The summed E-state index contributed by atoms with van der Waals surface area (Å²) in [5.41, 5.74) is 1.39. The third kappa shape index (κ3) is 5.22. The highest BCUT2D eigenvalue weighted by Gasteiger charge is 2.19. The molecular formula is C17H29N3. The van der Waals surface area contributed by atoms with Gasteiger partial charge in [0.1, 0.15) is 0 Å². The molecule has 3 nitrogen and oxygen atoms in total. The highest BCUT2D eigenvalue weighted by molar-refractivity contribution is 5.09. The molecule has 1 N–H and O–H groups in total. The van der Waals surface area contributed by atoms with Crippen molar-refractivity contribution in [2.45, 2.75) is 32.6 Å². The van der Waals surface area contributed by atoms with Crippen molar-refractivity contribution >= 4 is 0 Å². The summed E-state index contributed by atoms with van der Waals surface area (Å²) in [5, 5.41) is 3.53. The zero-order valence-corrected chi connectivity index (χ0v) is 13.0. The molecule has 1 saturated heterocycles. The molecule has 0 saturated carbocycles. The maximum absolute atomic E-state index is 4.06. The summed E-state index contributed by atoms with van der Waals surface area (Å²) in [7, 11) is 2.24. The van der Waals surface area contributed by atoms with Crippen molar-refractivity contribution in [3.05, 3.63) is 30.1 Å². The molecule has 1 aliphatic heterocycles. The van der Waals surface area contributed by atoms with Gasteiger partial charge in [0.15, 0.2) is 0 Å². The van der Waals surface area contributed by atoms with Crippen molar-refractivity contribution in [3.63, 3.8) is 0 Å². The first-order valence-electron chi connectivity index (χ1n) is 8.04. The van der Waals surface area contributed by atoms with E-state index in [1.54, 1.807) is 0 Å². The van der Waals surface area contributed by atoms with Gasteiger partial charge in [-0.15, -0.1) is 0 Å². The first-order chi connectivity index (χ1) is 9.75. The van der Waals surface area contributed by atoms with E-state index in [9.17, 15) is 0 Å². The van der Waals surface area contributed by atoms with Crippen LogP contribution >= 0.6 is 0 Å². The van der Waals surface area contributed by atoms with Crippen LogP contribution in [0.4, 0.5) is 0 Å². The zero-order valence-electron chi connectivity index (χ0n) is 13.0. The molecule has 1 aromatic rings. The number of nitrogens with zero attached hydrogens (tertiary/aromatic N) is 2. The maximum atomic E-state index is 4.06. The Balaban J connectivity index is 1.63. The van der Waals surface area contributed by atoms with Crippen LogP contribution in [-0.4, -0.2) is 43.1 Å². The third-order valence-corrected chi connectivity index (χ3v) is 4.64. The molecule has 0 spiro atoms. The summed E-state index contributed by atoms with van der Waals surface area (Å²) in [5.74, 6) is 1.73. The van der Waals surface area contributed by atoms with Crippen LogP contribution in [0.5, 0.6) is 0 Å². The molecular weight excluding hydrogens is 246 g/mol. The number of hydrogen-bond donors (Lipinski definition) is 1. The minimum atomic E-state index is 0.839. The predicted molar refractivity (Wildman–Crippen MR) is 84.8 cm³/mol. The van der Waals surface area contributed by atoms with Crippen LogP contribution in [0.3, 0.4) is 0 Å². The van der Waals surface area contributed by atoms with Gasteiger partial charge in [0.05, 0.1) is 0 Å². The quantitative estimate of drug-likeness (QED) is 0.829. The number of rotatable bonds is 7. The fraction of sp³-hybridized carbons (Fsp3) is 0.706. The van der Waals surface area contributed by atoms with E-state index >= 15 is 0 Å². The van der Waals surface area contributed by atoms with Crippen LogP contribution < -0.4 is 5.32 Å². The van der Waals surface area contributed by atoms with Gasteiger partial charge < -0.3 is 10.2 Å². The number of hydrogen-bond acceptors (Lipinski definition) is 3. The minimum Gasteiger partial charge on any atom is -0.316 e. The number of pyridine rings is 1. The average Bonchev–Trinajstić information content (AvgIpc) is 2.52. The summed E-state index contributed by atoms with van der Waals surface area (Å²) in [4.78, 5) is 6.53. The summed E-state index contributed by atoms with van der Waals surface area (Å²) >= 11 is 0. The Morgan fingerprint density at radius 2 is 2.15 bits per heavy atom. The van der Waals surface area contributed by atoms with E-state index in [1.165, 1.54) is 44.5 Å². The minimum absolute atomic E-state index is 0.839. The molecule has 2 rings (SSSR count). The lowest BCUT2D eigenvalue weighted by molar-refractivity contribution is 0.233.